The van der Waals surface area contributed by atoms with Gasteiger partial charge in [0.15, 0.2) is 10.4 Å². The first-order valence-electron chi connectivity index (χ1n) is 9.09. The van der Waals surface area contributed by atoms with Crippen molar-refractivity contribution in [2.45, 2.75) is 4.21 Å². The van der Waals surface area contributed by atoms with Gasteiger partial charge < -0.3 is 19.5 Å². The molecule has 1 aliphatic rings. The Kier molecular flexibility index (Phi) is 5.76. The SMILES string of the molecule is COc1ccccc1Nc1ccnc(N2CCN([S+](=O)([O-])c3cccs3)CC2)n1. The third-order valence-corrected chi connectivity index (χ3v) is 7.89. The molecule has 0 aliphatic carbocycles. The second-order valence-electron chi connectivity index (χ2n) is 6.39. The lowest BCUT2D eigenvalue weighted by Gasteiger charge is -2.35. The van der Waals surface area contributed by atoms with E-state index in [1.54, 1.807) is 36.9 Å². The predicted octanol–water partition coefficient (Wildman–Crippen LogP) is 3.02. The minimum Gasteiger partial charge on any atom is -0.592 e. The van der Waals surface area contributed by atoms with Crippen molar-refractivity contribution in [1.82, 2.24) is 14.3 Å². The molecular weight excluding hydrogens is 410 g/mol. The molecule has 29 heavy (non-hydrogen) atoms. The van der Waals surface area contributed by atoms with Crippen LogP contribution in [0.25, 0.3) is 0 Å². The first-order valence-corrected chi connectivity index (χ1v) is 11.4. The minimum atomic E-state index is -3.42. The van der Waals surface area contributed by atoms with Crippen LogP contribution in [0.3, 0.4) is 0 Å². The fraction of sp³-hybridized carbons (Fsp3) is 0.263. The highest BCUT2D eigenvalue weighted by Crippen LogP contribution is 2.28. The maximum absolute atomic E-state index is 12.7. The Balaban J connectivity index is 1.44. The lowest BCUT2D eigenvalue weighted by atomic mass is 10.3. The Bertz CT molecular complexity index is 1010. The van der Waals surface area contributed by atoms with Gasteiger partial charge in [0.1, 0.15) is 11.6 Å². The summed E-state index contributed by atoms with van der Waals surface area (Å²) in [4.78, 5) is 10.9. The normalized spacial score (nSPS) is 17.0. The quantitative estimate of drug-likeness (QED) is 0.600. The number of rotatable bonds is 6. The molecule has 0 radical (unpaired) electrons. The average molecular weight is 432 g/mol. The number of piperazine rings is 1. The first-order chi connectivity index (χ1) is 14.1. The maximum Gasteiger partial charge on any atom is 0.229 e. The van der Waals surface area contributed by atoms with Crippen LogP contribution in [0.2, 0.25) is 0 Å². The van der Waals surface area contributed by atoms with Crippen molar-refractivity contribution in [2.75, 3.05) is 43.5 Å². The number of hydrogen-bond donors (Lipinski definition) is 1. The number of hydrogen-bond acceptors (Lipinski definition) is 8. The fourth-order valence-electron chi connectivity index (χ4n) is 3.12. The third kappa shape index (κ3) is 4.25. The monoisotopic (exact) mass is 431 g/mol. The molecule has 3 heterocycles. The molecule has 3 aromatic rings. The zero-order chi connectivity index (χ0) is 20.3. The molecule has 0 spiro atoms. The topological polar surface area (TPSA) is 93.7 Å². The molecule has 10 heteroatoms. The smallest absolute Gasteiger partial charge is 0.229 e. The number of thiophene rings is 1. The van der Waals surface area contributed by atoms with Crippen LogP contribution >= 0.6 is 11.3 Å². The van der Waals surface area contributed by atoms with Crippen molar-refractivity contribution in [1.29, 1.82) is 0 Å². The molecule has 1 saturated heterocycles. The Hall–Kier alpha value is -2.53. The zero-order valence-electron chi connectivity index (χ0n) is 15.9. The van der Waals surface area contributed by atoms with Crippen LogP contribution in [0.5, 0.6) is 5.75 Å². The van der Waals surface area contributed by atoms with Gasteiger partial charge >= 0.3 is 0 Å². The molecule has 0 bridgehead atoms. The van der Waals surface area contributed by atoms with E-state index in [0.717, 1.165) is 11.4 Å². The van der Waals surface area contributed by atoms with Crippen LogP contribution in [-0.4, -0.2) is 52.1 Å². The van der Waals surface area contributed by atoms with Crippen molar-refractivity contribution in [2.24, 2.45) is 0 Å². The predicted molar refractivity (Wildman–Crippen MR) is 114 cm³/mol. The molecule has 4 rings (SSSR count). The van der Waals surface area contributed by atoms with Gasteiger partial charge in [0.2, 0.25) is 10.2 Å². The molecule has 1 fully saturated rings. The Morgan fingerprint density at radius 2 is 1.93 bits per heavy atom. The summed E-state index contributed by atoms with van der Waals surface area (Å²) in [6, 6.07) is 12.8. The summed E-state index contributed by atoms with van der Waals surface area (Å²) in [5, 5.41) is 5.02. The zero-order valence-corrected chi connectivity index (χ0v) is 17.5. The molecule has 0 saturated carbocycles. The van der Waals surface area contributed by atoms with Crippen LogP contribution in [0.15, 0.2) is 58.3 Å². The largest absolute Gasteiger partial charge is 0.592 e. The molecular formula is C19H21N5O3S2. The Morgan fingerprint density at radius 1 is 1.14 bits per heavy atom. The number of ether oxygens (including phenoxy) is 1. The van der Waals surface area contributed by atoms with Crippen molar-refractivity contribution in [3.05, 3.63) is 54.0 Å². The summed E-state index contributed by atoms with van der Waals surface area (Å²) >= 11 is 1.24. The minimum absolute atomic E-state index is 0.380. The van der Waals surface area contributed by atoms with Crippen LogP contribution in [0.4, 0.5) is 17.5 Å². The van der Waals surface area contributed by atoms with Crippen molar-refractivity contribution < 1.29 is 13.5 Å². The van der Waals surface area contributed by atoms with Gasteiger partial charge in [0, 0.05) is 25.4 Å². The maximum atomic E-state index is 12.7. The van der Waals surface area contributed by atoms with E-state index in [1.165, 1.54) is 15.6 Å². The summed E-state index contributed by atoms with van der Waals surface area (Å²) < 4.78 is 32.6. The van der Waals surface area contributed by atoms with Gasteiger partial charge in [-0.2, -0.15) is 4.98 Å². The average Bonchev–Trinajstić information content (AvgIpc) is 3.30. The van der Waals surface area contributed by atoms with E-state index >= 15 is 0 Å². The van der Waals surface area contributed by atoms with Crippen LogP contribution in [0, 0.1) is 0 Å². The number of sulfonamides is 1. The fourth-order valence-corrected chi connectivity index (χ4v) is 5.69. The van der Waals surface area contributed by atoms with E-state index in [2.05, 4.69) is 15.3 Å². The van der Waals surface area contributed by atoms with Crippen molar-refractivity contribution in [3.63, 3.8) is 0 Å². The number of methoxy groups -OCH3 is 1. The van der Waals surface area contributed by atoms with E-state index in [1.807, 2.05) is 29.2 Å². The summed E-state index contributed by atoms with van der Waals surface area (Å²) in [5.74, 6) is 1.94. The molecule has 152 valence electrons. The molecule has 8 nitrogen and oxygen atoms in total. The van der Waals surface area contributed by atoms with E-state index in [4.69, 9.17) is 4.74 Å². The van der Waals surface area contributed by atoms with E-state index in [-0.39, 0.29) is 0 Å². The van der Waals surface area contributed by atoms with E-state index < -0.39 is 10.4 Å². The molecule has 1 unspecified atom stereocenters. The number of para-hydroxylation sites is 2. The molecule has 2 aromatic heterocycles. The number of nitrogens with one attached hydrogen (secondary N) is 1. The van der Waals surface area contributed by atoms with Crippen LogP contribution < -0.4 is 15.0 Å². The van der Waals surface area contributed by atoms with Gasteiger partial charge in [-0.3, -0.25) is 0 Å². The van der Waals surface area contributed by atoms with Gasteiger partial charge in [-0.05, 0) is 29.6 Å². The van der Waals surface area contributed by atoms with Gasteiger partial charge in [-0.25, -0.2) is 4.98 Å². The second kappa shape index (κ2) is 8.46. The van der Waals surface area contributed by atoms with E-state index in [0.29, 0.717) is 42.2 Å². The Morgan fingerprint density at radius 3 is 2.66 bits per heavy atom. The lowest BCUT2D eigenvalue weighted by molar-refractivity contribution is 0.338. The Labute approximate surface area is 174 Å². The molecule has 1 aromatic carbocycles. The highest BCUT2D eigenvalue weighted by atomic mass is 32.3. The number of aromatic nitrogens is 2. The summed E-state index contributed by atoms with van der Waals surface area (Å²) in [6.45, 7) is 1.85. The van der Waals surface area contributed by atoms with Crippen LogP contribution in [0.1, 0.15) is 0 Å². The van der Waals surface area contributed by atoms with Crippen LogP contribution in [-0.2, 0) is 14.6 Å². The number of anilines is 3. The molecule has 1 atom stereocenters. The highest BCUT2D eigenvalue weighted by Gasteiger charge is 2.34. The third-order valence-electron chi connectivity index (χ3n) is 4.62. The second-order valence-corrected chi connectivity index (χ2v) is 9.50. The van der Waals surface area contributed by atoms with Gasteiger partial charge in [-0.15, -0.1) is 4.31 Å². The summed E-state index contributed by atoms with van der Waals surface area (Å²) in [5.41, 5.74) is 0.812. The van der Waals surface area contributed by atoms with Gasteiger partial charge in [-0.1, -0.05) is 27.7 Å². The van der Waals surface area contributed by atoms with Gasteiger partial charge in [0.05, 0.1) is 25.9 Å². The molecule has 1 N–H and O–H groups in total. The van der Waals surface area contributed by atoms with Gasteiger partial charge in [0.25, 0.3) is 0 Å². The number of nitrogens with zero attached hydrogens (tertiary/aromatic N) is 4. The lowest BCUT2D eigenvalue weighted by Crippen LogP contribution is -2.51. The number of benzene rings is 1. The molecule has 1 aliphatic heterocycles. The summed E-state index contributed by atoms with van der Waals surface area (Å²) in [6.07, 6.45) is 1.69. The van der Waals surface area contributed by atoms with Crippen molar-refractivity contribution in [3.8, 4) is 5.75 Å². The first kappa shape index (κ1) is 19.8. The van der Waals surface area contributed by atoms with Crippen molar-refractivity contribution >= 4 is 39.2 Å². The molecule has 0 amide bonds. The highest BCUT2D eigenvalue weighted by molar-refractivity contribution is 7.97. The standard InChI is InChI=1S/C19H21N5O3S2/c1-27-16-6-3-2-5-15(16)21-17-8-9-20-19(22-17)23-10-12-24(13-11-23)29(25,26)18-7-4-14-28-18/h2-9,14H,10-13H2,1H3,(H-,20,21,22,25,26). The van der Waals surface area contributed by atoms with E-state index in [9.17, 15) is 8.76 Å². The summed E-state index contributed by atoms with van der Waals surface area (Å²) in [7, 11) is -1.80.